The molecule has 1 unspecified atom stereocenters. The second-order valence-electron chi connectivity index (χ2n) is 16.8. The number of anilines is 4. The first kappa shape index (κ1) is 43.2. The number of benzene rings is 3. The smallest absolute Gasteiger partial charge is 0.419 e. The van der Waals surface area contributed by atoms with Crippen LogP contribution in [0.3, 0.4) is 0 Å². The normalized spacial score (nSPS) is 23.9. The molecule has 3 aromatic carbocycles. The number of sulfone groups is 1. The van der Waals surface area contributed by atoms with E-state index in [1.165, 1.54) is 35.8 Å². The van der Waals surface area contributed by atoms with Gasteiger partial charge in [0.1, 0.15) is 40.8 Å². The number of carboxylic acid groups (broad SMARTS) is 1. The number of β-lactam (4-membered cyclic amide) rings is 2. The van der Waals surface area contributed by atoms with Crippen molar-refractivity contribution in [2.75, 3.05) is 55.3 Å². The van der Waals surface area contributed by atoms with Crippen molar-refractivity contribution in [2.45, 2.75) is 64.2 Å². The maximum absolute atomic E-state index is 14.0. The van der Waals surface area contributed by atoms with E-state index in [1.54, 1.807) is 40.9 Å². The summed E-state index contributed by atoms with van der Waals surface area (Å²) in [7, 11) is 3.83. The van der Waals surface area contributed by atoms with Crippen LogP contribution in [0.4, 0.5) is 27.5 Å². The highest BCUT2D eigenvalue weighted by atomic mass is 32.2. The van der Waals surface area contributed by atoms with Crippen molar-refractivity contribution >= 4 is 85.8 Å². The van der Waals surface area contributed by atoms with Gasteiger partial charge in [-0.05, 0) is 61.0 Å². The van der Waals surface area contributed by atoms with Crippen LogP contribution in [0, 0.1) is 5.92 Å². The number of hydrogen-bond donors (Lipinski definition) is 1. The summed E-state index contributed by atoms with van der Waals surface area (Å²) in [4.78, 5) is 76.5. The Balaban J connectivity index is 0.845. The molecule has 0 radical (unpaired) electrons. The van der Waals surface area contributed by atoms with Gasteiger partial charge in [-0.3, -0.25) is 24.0 Å². The minimum atomic E-state index is -4.01. The van der Waals surface area contributed by atoms with Gasteiger partial charge in [0.25, 0.3) is 0 Å². The zero-order valence-electron chi connectivity index (χ0n) is 35.4. The average Bonchev–Trinajstić information content (AvgIpc) is 3.82. The summed E-state index contributed by atoms with van der Waals surface area (Å²) in [6.07, 6.45) is 1.70. The van der Waals surface area contributed by atoms with Crippen LogP contribution in [0.25, 0.3) is 0 Å². The minimum Gasteiger partial charge on any atom is -0.489 e. The summed E-state index contributed by atoms with van der Waals surface area (Å²) in [6.45, 7) is 1.02. The molecule has 0 bridgehead atoms. The van der Waals surface area contributed by atoms with Gasteiger partial charge in [0.2, 0.25) is 11.8 Å². The van der Waals surface area contributed by atoms with Gasteiger partial charge in [0, 0.05) is 73.3 Å². The molecule has 1 aromatic heterocycles. The zero-order valence-corrected chi connectivity index (χ0v) is 37.9. The topological polar surface area (TPSA) is 205 Å². The number of ether oxygens (including phenoxy) is 2. The van der Waals surface area contributed by atoms with E-state index in [9.17, 15) is 37.5 Å². The summed E-state index contributed by atoms with van der Waals surface area (Å²) in [6, 6.07) is 17.3. The average molecular weight is 929 g/mol. The van der Waals surface area contributed by atoms with Crippen LogP contribution in [0.15, 0.2) is 94.1 Å². The van der Waals surface area contributed by atoms with Crippen LogP contribution in [0.5, 0.6) is 5.75 Å². The van der Waals surface area contributed by atoms with Gasteiger partial charge >= 0.3 is 12.1 Å². The van der Waals surface area contributed by atoms with Gasteiger partial charge in [-0.15, -0.1) is 16.9 Å². The van der Waals surface area contributed by atoms with Crippen molar-refractivity contribution in [2.24, 2.45) is 5.92 Å². The Morgan fingerprint density at radius 3 is 2.17 bits per heavy atom. The van der Waals surface area contributed by atoms with Crippen LogP contribution in [0.2, 0.25) is 0 Å². The molecular formula is C43H44N8O10S3. The number of aromatic nitrogens is 3. The van der Waals surface area contributed by atoms with Gasteiger partial charge in [-0.1, -0.05) is 29.1 Å². The Morgan fingerprint density at radius 2 is 1.59 bits per heavy atom. The molecule has 334 valence electrons. The number of amides is 3. The molecule has 21 heteroatoms. The summed E-state index contributed by atoms with van der Waals surface area (Å²) < 4.78 is 38.8. The number of nitrogens with zero attached hydrogens (tertiary/aromatic N) is 8. The van der Waals surface area contributed by atoms with Crippen molar-refractivity contribution in [1.82, 2.24) is 24.8 Å². The van der Waals surface area contributed by atoms with Crippen molar-refractivity contribution < 1.29 is 47.0 Å². The molecule has 3 fully saturated rings. The first-order valence-electron chi connectivity index (χ1n) is 20.3. The van der Waals surface area contributed by atoms with Crippen LogP contribution in [-0.4, -0.2) is 130 Å². The number of carbonyl (C=O) groups is 5. The number of hydrogen-bond acceptors (Lipinski definition) is 15. The van der Waals surface area contributed by atoms with E-state index in [0.29, 0.717) is 28.3 Å². The van der Waals surface area contributed by atoms with Crippen molar-refractivity contribution in [3.8, 4) is 5.75 Å². The Morgan fingerprint density at radius 1 is 0.938 bits per heavy atom. The molecule has 3 amide bonds. The van der Waals surface area contributed by atoms with Crippen molar-refractivity contribution in [1.29, 1.82) is 0 Å². The molecule has 0 saturated carbocycles. The maximum Gasteiger partial charge on any atom is 0.419 e. The number of thioether (sulfide) groups is 1. The van der Waals surface area contributed by atoms with E-state index in [1.807, 2.05) is 74.4 Å². The molecule has 4 aromatic rings. The number of aliphatic carboxylic acids is 1. The van der Waals surface area contributed by atoms with E-state index in [-0.39, 0.29) is 44.1 Å². The van der Waals surface area contributed by atoms with E-state index in [2.05, 4.69) is 10.3 Å². The van der Waals surface area contributed by atoms with Gasteiger partial charge in [-0.25, -0.2) is 22.9 Å². The van der Waals surface area contributed by atoms with E-state index in [4.69, 9.17) is 9.47 Å². The Labute approximate surface area is 377 Å². The lowest BCUT2D eigenvalue weighted by atomic mass is 9.84. The number of fused-ring (bicyclic) bond motifs is 4. The molecular weight excluding hydrogens is 885 g/mol. The minimum absolute atomic E-state index is 0.0292. The molecule has 3 saturated heterocycles. The molecule has 6 heterocycles. The van der Waals surface area contributed by atoms with Gasteiger partial charge < -0.3 is 29.3 Å². The largest absolute Gasteiger partial charge is 0.489 e. The highest BCUT2D eigenvalue weighted by molar-refractivity contribution is 8.00. The van der Waals surface area contributed by atoms with Crippen molar-refractivity contribution in [3.05, 3.63) is 89.9 Å². The quantitative estimate of drug-likeness (QED) is 0.185. The predicted molar refractivity (Wildman–Crippen MR) is 237 cm³/mol. The van der Waals surface area contributed by atoms with Gasteiger partial charge in [0.15, 0.2) is 15.6 Å². The number of rotatable bonds is 13. The van der Waals surface area contributed by atoms with Crippen molar-refractivity contribution in [3.63, 3.8) is 0 Å². The monoisotopic (exact) mass is 928 g/mol. The van der Waals surface area contributed by atoms with Crippen LogP contribution in [0.1, 0.15) is 25.3 Å². The molecule has 5 aliphatic heterocycles. The van der Waals surface area contributed by atoms with Gasteiger partial charge in [-0.2, -0.15) is 0 Å². The standard InChI is InChI=1S/C43H44N8O10S3/c1-43(23-48-15-14-44-45-48)38(50-35(53)19-36(50)64(43,58)59)32(52)18-29-39(54)51-37(41(55)56)25(22-62-40(29)51)21-60-28-10-6-24(7-11-28)20-61-42(57)49-30-12-8-26(46(2)3)16-33(30)63-34-17-27(47(4)5)9-13-31(34)49/h6-17,29,36,38,40H,18-23H2,1-5H3,(H,55,56)/t29-,36-,38+,40-,43?/m1/s1. The van der Waals surface area contributed by atoms with Crippen LogP contribution < -0.4 is 19.4 Å². The Kier molecular flexibility index (Phi) is 10.9. The highest BCUT2D eigenvalue weighted by Gasteiger charge is 2.70. The molecule has 1 N–H and O–H groups in total. The predicted octanol–water partition coefficient (Wildman–Crippen LogP) is 4.37. The zero-order chi connectivity index (χ0) is 45.4. The summed E-state index contributed by atoms with van der Waals surface area (Å²) in [5, 5.41) is 16.1. The molecule has 0 spiro atoms. The fraction of sp³-hybridized carbons (Fsp3) is 0.372. The first-order chi connectivity index (χ1) is 30.5. The number of carboxylic acids is 1. The lowest BCUT2D eigenvalue weighted by Crippen LogP contribution is -2.64. The molecule has 5 aliphatic rings. The highest BCUT2D eigenvalue weighted by Crippen LogP contribution is 2.52. The summed E-state index contributed by atoms with van der Waals surface area (Å²) in [5.41, 5.74) is 4.25. The number of Topliss-reactive ketones (excluding diaryl/α,β-unsaturated/α-hetero) is 1. The molecule has 18 nitrogen and oxygen atoms in total. The van der Waals surface area contributed by atoms with Gasteiger partial charge in [0.05, 0.1) is 41.8 Å². The third kappa shape index (κ3) is 7.13. The third-order valence-corrected chi connectivity index (χ3v) is 17.6. The van der Waals surface area contributed by atoms with E-state index >= 15 is 0 Å². The third-order valence-electron chi connectivity index (χ3n) is 12.3. The molecule has 5 atom stereocenters. The Bertz CT molecular complexity index is 2690. The fourth-order valence-corrected chi connectivity index (χ4v) is 13.8. The fourth-order valence-electron chi connectivity index (χ4n) is 8.90. The van der Waals surface area contributed by atoms with Crippen LogP contribution in [-0.2, 0) is 46.9 Å². The SMILES string of the molecule is CN(C)c1ccc2c(c1)Sc1cc(N(C)C)ccc1N2C(=O)OCc1ccc(OCC2=C(C(=O)O)N3C(=O)[C@@H](CC(=O)[C@@H]4N5C(=O)C[C@H]5S(=O)(=O)C4(C)Cn4ccnn4)[C@H]3SC2)cc1. The second kappa shape index (κ2) is 16.2. The molecule has 9 rings (SSSR count). The number of carbonyl (C=O) groups excluding carboxylic acids is 4. The number of ketones is 1. The molecule has 64 heavy (non-hydrogen) atoms. The lowest BCUT2D eigenvalue weighted by Gasteiger charge is -2.50. The first-order valence-corrected chi connectivity index (χ1v) is 23.7. The Hall–Kier alpha value is -6.06. The second-order valence-corrected chi connectivity index (χ2v) is 21.5. The maximum atomic E-state index is 14.0. The van der Waals surface area contributed by atoms with E-state index < -0.39 is 67.0 Å². The summed E-state index contributed by atoms with van der Waals surface area (Å²) in [5.74, 6) is -3.29. The van der Waals surface area contributed by atoms with E-state index in [0.717, 1.165) is 31.0 Å². The summed E-state index contributed by atoms with van der Waals surface area (Å²) >= 11 is 2.88. The lowest BCUT2D eigenvalue weighted by molar-refractivity contribution is -0.156. The van der Waals surface area contributed by atoms with Crippen LogP contribution >= 0.6 is 23.5 Å². The molecule has 0 aliphatic carbocycles.